The van der Waals surface area contributed by atoms with Gasteiger partial charge < -0.3 is 4.57 Å². The molecule has 1 nitrogen and oxygen atoms in total. The van der Waals surface area contributed by atoms with E-state index in [0.717, 1.165) is 6.42 Å². The molecule has 0 saturated heterocycles. The summed E-state index contributed by atoms with van der Waals surface area (Å²) in [6, 6.07) is 56.0. The lowest BCUT2D eigenvalue weighted by Crippen LogP contribution is -1.94. The molecule has 0 bridgehead atoms. The third-order valence-corrected chi connectivity index (χ3v) is 9.89. The van der Waals surface area contributed by atoms with Crippen molar-refractivity contribution in [2.75, 3.05) is 0 Å². The van der Waals surface area contributed by atoms with Gasteiger partial charge in [0.05, 0.1) is 11.0 Å². The molecule has 1 aromatic heterocycles. The fourth-order valence-electron chi connectivity index (χ4n) is 7.67. The molecule has 0 spiro atoms. The summed E-state index contributed by atoms with van der Waals surface area (Å²) >= 11 is 0. The number of aryl methyl sites for hydroxylation is 2. The van der Waals surface area contributed by atoms with Crippen LogP contribution >= 0.6 is 0 Å². The lowest BCUT2D eigenvalue weighted by molar-refractivity contribution is 1.14. The average molecular weight is 588 g/mol. The molecule has 0 saturated carbocycles. The van der Waals surface area contributed by atoms with Gasteiger partial charge in [0.2, 0.25) is 0 Å². The van der Waals surface area contributed by atoms with Crippen LogP contribution in [0.15, 0.2) is 152 Å². The number of hydrogen-bond donors (Lipinski definition) is 0. The van der Waals surface area contributed by atoms with E-state index in [1.54, 1.807) is 0 Å². The summed E-state index contributed by atoms with van der Waals surface area (Å²) in [5.74, 6) is 0. The molecule has 0 aliphatic carbocycles. The SMILES string of the molecule is CCc1ccc(-c2ccc3c(c2)c2ccccc2n3-c2ccccc2)cc1-c1cc2c3ccccc3c3ccccc3c2cc1C. The minimum absolute atomic E-state index is 0.981. The molecular weight excluding hydrogens is 555 g/mol. The molecule has 0 N–H and O–H groups in total. The number of nitrogens with zero attached hydrogens (tertiary/aromatic N) is 1. The second-order valence-electron chi connectivity index (χ2n) is 12.4. The Morgan fingerprint density at radius 2 is 0.957 bits per heavy atom. The molecule has 0 aliphatic rings. The fraction of sp³-hybridized carbons (Fsp3) is 0.0667. The van der Waals surface area contributed by atoms with Crippen LogP contribution in [0.25, 0.3) is 82.1 Å². The summed E-state index contributed by atoms with van der Waals surface area (Å²) in [5.41, 5.74) is 11.4. The van der Waals surface area contributed by atoms with E-state index in [2.05, 4.69) is 170 Å². The van der Waals surface area contributed by atoms with Gasteiger partial charge in [-0.2, -0.15) is 0 Å². The minimum Gasteiger partial charge on any atom is -0.309 e. The van der Waals surface area contributed by atoms with Crippen LogP contribution < -0.4 is 0 Å². The van der Waals surface area contributed by atoms with Crippen LogP contribution in [0.2, 0.25) is 0 Å². The molecule has 46 heavy (non-hydrogen) atoms. The summed E-state index contributed by atoms with van der Waals surface area (Å²) < 4.78 is 2.38. The van der Waals surface area contributed by atoms with Gasteiger partial charge in [-0.1, -0.05) is 116 Å². The van der Waals surface area contributed by atoms with Crippen molar-refractivity contribution < 1.29 is 0 Å². The van der Waals surface area contributed by atoms with Crippen molar-refractivity contribution in [3.63, 3.8) is 0 Å². The average Bonchev–Trinajstić information content (AvgIpc) is 3.45. The molecule has 218 valence electrons. The molecule has 0 amide bonds. The number of fused-ring (bicyclic) bond motifs is 9. The number of para-hydroxylation sites is 2. The van der Waals surface area contributed by atoms with Crippen LogP contribution in [-0.4, -0.2) is 4.57 Å². The van der Waals surface area contributed by atoms with Crippen LogP contribution in [-0.2, 0) is 6.42 Å². The van der Waals surface area contributed by atoms with E-state index in [0.29, 0.717) is 0 Å². The summed E-state index contributed by atoms with van der Waals surface area (Å²) in [4.78, 5) is 0. The molecule has 0 fully saturated rings. The molecular formula is C45H33N. The summed E-state index contributed by atoms with van der Waals surface area (Å²) in [7, 11) is 0. The normalized spacial score (nSPS) is 11.8. The van der Waals surface area contributed by atoms with E-state index >= 15 is 0 Å². The van der Waals surface area contributed by atoms with Crippen molar-refractivity contribution in [2.24, 2.45) is 0 Å². The first-order valence-electron chi connectivity index (χ1n) is 16.3. The van der Waals surface area contributed by atoms with Crippen molar-refractivity contribution in [3.05, 3.63) is 163 Å². The Hall–Kier alpha value is -5.66. The van der Waals surface area contributed by atoms with Crippen LogP contribution in [0, 0.1) is 6.92 Å². The zero-order valence-electron chi connectivity index (χ0n) is 26.1. The van der Waals surface area contributed by atoms with Gasteiger partial charge >= 0.3 is 0 Å². The van der Waals surface area contributed by atoms with E-state index in [-0.39, 0.29) is 0 Å². The van der Waals surface area contributed by atoms with Crippen LogP contribution in [0.4, 0.5) is 0 Å². The van der Waals surface area contributed by atoms with Crippen molar-refractivity contribution in [2.45, 2.75) is 20.3 Å². The lowest BCUT2D eigenvalue weighted by Gasteiger charge is -2.17. The second-order valence-corrected chi connectivity index (χ2v) is 12.4. The lowest BCUT2D eigenvalue weighted by atomic mass is 9.87. The highest BCUT2D eigenvalue weighted by molar-refractivity contribution is 6.26. The van der Waals surface area contributed by atoms with Gasteiger partial charge in [0.1, 0.15) is 0 Å². The highest BCUT2D eigenvalue weighted by Gasteiger charge is 2.16. The maximum atomic E-state index is 2.45. The standard InChI is InChI=1S/C45H33N/c1-3-30-21-22-31(32-23-24-45-43(27-32)38-19-11-12-20-44(38)46(45)33-13-5-4-6-14-33)26-40(30)39-28-42-37-18-10-8-16-35(37)34-15-7-9-17-36(34)41(42)25-29(39)2/h4-28H,3H2,1-2H3. The van der Waals surface area contributed by atoms with Gasteiger partial charge in [-0.15, -0.1) is 0 Å². The molecule has 1 heterocycles. The van der Waals surface area contributed by atoms with E-state index < -0.39 is 0 Å². The highest BCUT2D eigenvalue weighted by Crippen LogP contribution is 2.41. The molecule has 8 aromatic carbocycles. The molecule has 1 heteroatoms. The molecule has 9 rings (SSSR count). The smallest absolute Gasteiger partial charge is 0.0541 e. The maximum Gasteiger partial charge on any atom is 0.0541 e. The monoisotopic (exact) mass is 587 g/mol. The van der Waals surface area contributed by atoms with E-state index in [9.17, 15) is 0 Å². The predicted octanol–water partition coefficient (Wildman–Crippen LogP) is 12.4. The van der Waals surface area contributed by atoms with Crippen LogP contribution in [0.1, 0.15) is 18.1 Å². The van der Waals surface area contributed by atoms with Gasteiger partial charge in [-0.25, -0.2) is 0 Å². The Morgan fingerprint density at radius 1 is 0.413 bits per heavy atom. The first-order valence-corrected chi connectivity index (χ1v) is 16.3. The highest BCUT2D eigenvalue weighted by atomic mass is 15.0. The first-order chi connectivity index (χ1) is 22.7. The Morgan fingerprint density at radius 3 is 1.65 bits per heavy atom. The van der Waals surface area contributed by atoms with Gasteiger partial charge in [0, 0.05) is 16.5 Å². The van der Waals surface area contributed by atoms with Crippen molar-refractivity contribution >= 4 is 54.1 Å². The largest absolute Gasteiger partial charge is 0.309 e. The Labute approximate surface area is 269 Å². The zero-order chi connectivity index (χ0) is 30.8. The number of rotatable bonds is 4. The number of hydrogen-bond acceptors (Lipinski definition) is 0. The Kier molecular flexibility index (Phi) is 6.08. The van der Waals surface area contributed by atoms with Crippen molar-refractivity contribution in [1.82, 2.24) is 4.57 Å². The molecule has 0 unspecified atom stereocenters. The quantitative estimate of drug-likeness (QED) is 0.181. The summed E-state index contributed by atoms with van der Waals surface area (Å²) in [6.07, 6.45) is 0.981. The number of benzene rings is 8. The molecule has 0 aliphatic heterocycles. The zero-order valence-corrected chi connectivity index (χ0v) is 26.1. The third kappa shape index (κ3) is 4.02. The van der Waals surface area contributed by atoms with Gasteiger partial charge in [0.25, 0.3) is 0 Å². The fourth-order valence-corrected chi connectivity index (χ4v) is 7.67. The van der Waals surface area contributed by atoms with E-state index in [1.165, 1.54) is 93.2 Å². The van der Waals surface area contributed by atoms with Gasteiger partial charge in [-0.05, 0) is 122 Å². The minimum atomic E-state index is 0.981. The maximum absolute atomic E-state index is 2.45. The van der Waals surface area contributed by atoms with Crippen LogP contribution in [0.5, 0.6) is 0 Å². The van der Waals surface area contributed by atoms with Crippen molar-refractivity contribution in [3.8, 4) is 27.9 Å². The number of aromatic nitrogens is 1. The topological polar surface area (TPSA) is 4.93 Å². The molecule has 0 atom stereocenters. The third-order valence-electron chi connectivity index (χ3n) is 9.89. The molecule has 9 aromatic rings. The van der Waals surface area contributed by atoms with Gasteiger partial charge in [-0.3, -0.25) is 0 Å². The van der Waals surface area contributed by atoms with Crippen LogP contribution in [0.3, 0.4) is 0 Å². The predicted molar refractivity (Wildman–Crippen MR) is 198 cm³/mol. The Bertz CT molecular complexity index is 2620. The summed E-state index contributed by atoms with van der Waals surface area (Å²) in [6.45, 7) is 4.54. The summed E-state index contributed by atoms with van der Waals surface area (Å²) in [5, 5.41) is 10.5. The Balaban J connectivity index is 1.26. The first kappa shape index (κ1) is 26.7. The van der Waals surface area contributed by atoms with E-state index in [1.807, 2.05) is 0 Å². The van der Waals surface area contributed by atoms with Gasteiger partial charge in [0.15, 0.2) is 0 Å². The second kappa shape index (κ2) is 10.5. The van der Waals surface area contributed by atoms with Crippen molar-refractivity contribution in [1.29, 1.82) is 0 Å². The molecule has 0 radical (unpaired) electrons. The van der Waals surface area contributed by atoms with E-state index in [4.69, 9.17) is 0 Å².